The number of nitrogens with one attached hydrogen (secondary N) is 1. The standard InChI is InChI=1S/C19H18ClN5O3S/c1-3-24-17(13-4-6-14(20)7-5-13)22-23-19(24)29-12(2)18(26)21-15-8-10-16(11-9-15)25(27)28/h4-12H,3H2,1-2H3,(H,21,26). The average Bonchev–Trinajstić information content (AvgIpc) is 3.11. The van der Waals surface area contributed by atoms with Crippen LogP contribution in [0.4, 0.5) is 11.4 Å². The van der Waals surface area contributed by atoms with E-state index in [9.17, 15) is 14.9 Å². The number of thioether (sulfide) groups is 1. The van der Waals surface area contributed by atoms with Crippen LogP contribution in [0.2, 0.25) is 5.02 Å². The number of rotatable bonds is 7. The number of amides is 1. The fraction of sp³-hybridized carbons (Fsp3) is 0.211. The van der Waals surface area contributed by atoms with Crippen LogP contribution in [0, 0.1) is 10.1 Å². The van der Waals surface area contributed by atoms with Gasteiger partial charge in [-0.25, -0.2) is 0 Å². The van der Waals surface area contributed by atoms with Crippen LogP contribution in [0.3, 0.4) is 0 Å². The predicted octanol–water partition coefficient (Wildman–Crippen LogP) is 4.65. The first kappa shape index (κ1) is 20.8. The van der Waals surface area contributed by atoms with Crippen molar-refractivity contribution in [3.63, 3.8) is 0 Å². The molecule has 1 amide bonds. The topological polar surface area (TPSA) is 103 Å². The van der Waals surface area contributed by atoms with Crippen LogP contribution >= 0.6 is 23.4 Å². The lowest BCUT2D eigenvalue weighted by atomic mass is 10.2. The molecule has 2 aromatic carbocycles. The van der Waals surface area contributed by atoms with Gasteiger partial charge in [0.05, 0.1) is 10.2 Å². The first-order valence-electron chi connectivity index (χ1n) is 8.80. The third kappa shape index (κ3) is 4.93. The number of hydrogen-bond acceptors (Lipinski definition) is 6. The molecule has 1 aromatic heterocycles. The van der Waals surface area contributed by atoms with E-state index in [4.69, 9.17) is 11.6 Å². The Kier molecular flexibility index (Phi) is 6.50. The van der Waals surface area contributed by atoms with Crippen LogP contribution in [0.5, 0.6) is 0 Å². The molecule has 3 rings (SSSR count). The van der Waals surface area contributed by atoms with Gasteiger partial charge in [-0.05, 0) is 50.2 Å². The third-order valence-electron chi connectivity index (χ3n) is 4.13. The highest BCUT2D eigenvalue weighted by Gasteiger charge is 2.20. The second-order valence-corrected chi connectivity index (χ2v) is 7.86. The molecule has 10 heteroatoms. The lowest BCUT2D eigenvalue weighted by molar-refractivity contribution is -0.384. The fourth-order valence-electron chi connectivity index (χ4n) is 2.60. The van der Waals surface area contributed by atoms with E-state index in [1.807, 2.05) is 23.6 Å². The molecule has 0 bridgehead atoms. The highest BCUT2D eigenvalue weighted by atomic mass is 35.5. The van der Waals surface area contributed by atoms with Crippen molar-refractivity contribution in [3.8, 4) is 11.4 Å². The SMILES string of the molecule is CCn1c(SC(C)C(=O)Nc2ccc([N+](=O)[O-])cc2)nnc1-c1ccc(Cl)cc1. The molecule has 1 atom stereocenters. The summed E-state index contributed by atoms with van der Waals surface area (Å²) in [5.41, 5.74) is 1.35. The minimum absolute atomic E-state index is 0.0313. The van der Waals surface area contributed by atoms with E-state index in [-0.39, 0.29) is 11.6 Å². The van der Waals surface area contributed by atoms with Gasteiger partial charge in [-0.3, -0.25) is 14.9 Å². The van der Waals surface area contributed by atoms with Gasteiger partial charge in [-0.1, -0.05) is 23.4 Å². The van der Waals surface area contributed by atoms with Gasteiger partial charge >= 0.3 is 0 Å². The number of anilines is 1. The quantitative estimate of drug-likeness (QED) is 0.332. The Labute approximate surface area is 176 Å². The molecule has 0 radical (unpaired) electrons. The van der Waals surface area contributed by atoms with Gasteiger partial charge in [-0.15, -0.1) is 10.2 Å². The number of hydrogen-bond donors (Lipinski definition) is 1. The summed E-state index contributed by atoms with van der Waals surface area (Å²) in [6.45, 7) is 4.39. The Morgan fingerprint density at radius 1 is 1.21 bits per heavy atom. The summed E-state index contributed by atoms with van der Waals surface area (Å²) >= 11 is 7.24. The summed E-state index contributed by atoms with van der Waals surface area (Å²) in [7, 11) is 0. The van der Waals surface area contributed by atoms with Crippen molar-refractivity contribution < 1.29 is 9.72 Å². The van der Waals surface area contributed by atoms with E-state index in [1.54, 1.807) is 19.1 Å². The van der Waals surface area contributed by atoms with Crippen LogP contribution in [-0.4, -0.2) is 30.8 Å². The van der Waals surface area contributed by atoms with Crippen molar-refractivity contribution in [2.75, 3.05) is 5.32 Å². The smallest absolute Gasteiger partial charge is 0.269 e. The zero-order valence-electron chi connectivity index (χ0n) is 15.7. The summed E-state index contributed by atoms with van der Waals surface area (Å²) in [6.07, 6.45) is 0. The monoisotopic (exact) mass is 431 g/mol. The van der Waals surface area contributed by atoms with Gasteiger partial charge < -0.3 is 9.88 Å². The molecule has 0 spiro atoms. The maximum atomic E-state index is 12.5. The molecule has 0 aliphatic rings. The van der Waals surface area contributed by atoms with Crippen LogP contribution in [0.15, 0.2) is 53.7 Å². The van der Waals surface area contributed by atoms with E-state index in [1.165, 1.54) is 36.0 Å². The van der Waals surface area contributed by atoms with Crippen molar-refractivity contribution in [2.45, 2.75) is 30.8 Å². The number of nitro benzene ring substituents is 1. The molecule has 150 valence electrons. The number of halogens is 1. The molecule has 1 unspecified atom stereocenters. The Bertz CT molecular complexity index is 1020. The summed E-state index contributed by atoms with van der Waals surface area (Å²) in [6, 6.07) is 13.0. The molecule has 3 aromatic rings. The number of nitro groups is 1. The largest absolute Gasteiger partial charge is 0.325 e. The predicted molar refractivity (Wildman–Crippen MR) is 113 cm³/mol. The molecular weight excluding hydrogens is 414 g/mol. The van der Waals surface area contributed by atoms with E-state index < -0.39 is 10.2 Å². The molecule has 1 N–H and O–H groups in total. The number of carbonyl (C=O) groups excluding carboxylic acids is 1. The number of non-ortho nitro benzene ring substituents is 1. The summed E-state index contributed by atoms with van der Waals surface area (Å²) < 4.78 is 1.93. The molecular formula is C19H18ClN5O3S. The van der Waals surface area contributed by atoms with Crippen LogP contribution < -0.4 is 5.32 Å². The molecule has 0 fully saturated rings. The first-order chi connectivity index (χ1) is 13.9. The van der Waals surface area contributed by atoms with Crippen molar-refractivity contribution in [1.29, 1.82) is 0 Å². The van der Waals surface area contributed by atoms with E-state index in [0.29, 0.717) is 28.2 Å². The van der Waals surface area contributed by atoms with E-state index in [0.717, 1.165) is 5.56 Å². The number of aromatic nitrogens is 3. The molecule has 1 heterocycles. The van der Waals surface area contributed by atoms with Crippen LogP contribution in [0.1, 0.15) is 13.8 Å². The minimum atomic E-state index is -0.486. The average molecular weight is 432 g/mol. The lowest BCUT2D eigenvalue weighted by Gasteiger charge is -2.13. The summed E-state index contributed by atoms with van der Waals surface area (Å²) in [4.78, 5) is 22.7. The third-order valence-corrected chi connectivity index (χ3v) is 5.47. The van der Waals surface area contributed by atoms with Gasteiger partial charge in [-0.2, -0.15) is 0 Å². The number of benzene rings is 2. The minimum Gasteiger partial charge on any atom is -0.325 e. The molecule has 0 aliphatic carbocycles. The second-order valence-electron chi connectivity index (χ2n) is 6.11. The van der Waals surface area contributed by atoms with E-state index in [2.05, 4.69) is 15.5 Å². The van der Waals surface area contributed by atoms with Crippen LogP contribution in [-0.2, 0) is 11.3 Å². The summed E-state index contributed by atoms with van der Waals surface area (Å²) in [5.74, 6) is 0.470. The van der Waals surface area contributed by atoms with Gasteiger partial charge in [0.15, 0.2) is 11.0 Å². The van der Waals surface area contributed by atoms with Gasteiger partial charge in [0.25, 0.3) is 5.69 Å². The molecule has 0 saturated carbocycles. The molecule has 0 aliphatic heterocycles. The normalized spacial score (nSPS) is 11.8. The maximum absolute atomic E-state index is 12.5. The van der Waals surface area contributed by atoms with Crippen molar-refractivity contribution in [2.24, 2.45) is 0 Å². The van der Waals surface area contributed by atoms with Gasteiger partial charge in [0.1, 0.15) is 0 Å². The van der Waals surface area contributed by atoms with Gasteiger partial charge in [0.2, 0.25) is 5.91 Å². The van der Waals surface area contributed by atoms with E-state index >= 15 is 0 Å². The fourth-order valence-corrected chi connectivity index (χ4v) is 3.63. The first-order valence-corrected chi connectivity index (χ1v) is 10.1. The zero-order valence-corrected chi connectivity index (χ0v) is 17.3. The lowest BCUT2D eigenvalue weighted by Crippen LogP contribution is -2.22. The van der Waals surface area contributed by atoms with Crippen LogP contribution in [0.25, 0.3) is 11.4 Å². The van der Waals surface area contributed by atoms with Crippen molar-refractivity contribution in [1.82, 2.24) is 14.8 Å². The maximum Gasteiger partial charge on any atom is 0.269 e. The Morgan fingerprint density at radius 2 is 1.86 bits per heavy atom. The zero-order chi connectivity index (χ0) is 21.0. The molecule has 8 nitrogen and oxygen atoms in total. The molecule has 29 heavy (non-hydrogen) atoms. The highest BCUT2D eigenvalue weighted by molar-refractivity contribution is 8.00. The molecule has 0 saturated heterocycles. The number of nitrogens with zero attached hydrogens (tertiary/aromatic N) is 4. The highest BCUT2D eigenvalue weighted by Crippen LogP contribution is 2.28. The second kappa shape index (κ2) is 9.06. The van der Waals surface area contributed by atoms with Crippen molar-refractivity contribution in [3.05, 3.63) is 63.7 Å². The number of carbonyl (C=O) groups is 1. The van der Waals surface area contributed by atoms with Crippen molar-refractivity contribution >= 4 is 40.6 Å². The summed E-state index contributed by atoms with van der Waals surface area (Å²) in [5, 5.41) is 22.8. The Hall–Kier alpha value is -2.91. The Balaban J connectivity index is 1.71. The van der Waals surface area contributed by atoms with Gasteiger partial charge in [0, 0.05) is 35.0 Å². The Morgan fingerprint density at radius 3 is 2.45 bits per heavy atom.